The SMILES string of the molecule is CC(C)CCCCNC(=O)c1cc(F)ccc1C#CCN. The Morgan fingerprint density at radius 2 is 2.14 bits per heavy atom. The number of benzene rings is 1. The maximum absolute atomic E-state index is 13.3. The highest BCUT2D eigenvalue weighted by Crippen LogP contribution is 2.11. The minimum absolute atomic E-state index is 0.202. The number of amides is 1. The molecule has 4 heteroatoms. The maximum atomic E-state index is 13.3. The van der Waals surface area contributed by atoms with Crippen LogP contribution in [0, 0.1) is 23.6 Å². The first kappa shape index (κ1) is 17.2. The number of hydrogen-bond donors (Lipinski definition) is 2. The third-order valence-electron chi connectivity index (χ3n) is 3.05. The van der Waals surface area contributed by atoms with E-state index in [9.17, 15) is 9.18 Å². The number of hydrogen-bond acceptors (Lipinski definition) is 2. The summed E-state index contributed by atoms with van der Waals surface area (Å²) in [6, 6.07) is 4.01. The summed E-state index contributed by atoms with van der Waals surface area (Å²) in [5.41, 5.74) is 6.09. The van der Waals surface area contributed by atoms with Crippen molar-refractivity contribution in [2.75, 3.05) is 13.1 Å². The second-order valence-electron chi connectivity index (χ2n) is 5.34. The van der Waals surface area contributed by atoms with Gasteiger partial charge in [-0.15, -0.1) is 0 Å². The van der Waals surface area contributed by atoms with Crippen molar-refractivity contribution in [3.63, 3.8) is 0 Å². The molecule has 1 amide bonds. The molecule has 0 atom stereocenters. The van der Waals surface area contributed by atoms with Gasteiger partial charge in [0.25, 0.3) is 5.91 Å². The van der Waals surface area contributed by atoms with Gasteiger partial charge in [0.05, 0.1) is 12.1 Å². The molecule has 0 aliphatic heterocycles. The average Bonchev–Trinajstić information content (AvgIpc) is 2.45. The zero-order chi connectivity index (χ0) is 15.7. The lowest BCUT2D eigenvalue weighted by Crippen LogP contribution is -2.25. The lowest BCUT2D eigenvalue weighted by atomic mass is 10.1. The summed E-state index contributed by atoms with van der Waals surface area (Å²) in [4.78, 5) is 12.1. The van der Waals surface area contributed by atoms with E-state index >= 15 is 0 Å². The summed E-state index contributed by atoms with van der Waals surface area (Å²) in [5, 5.41) is 2.81. The van der Waals surface area contributed by atoms with E-state index in [1.54, 1.807) is 0 Å². The van der Waals surface area contributed by atoms with Crippen molar-refractivity contribution in [3.8, 4) is 11.8 Å². The molecule has 0 saturated heterocycles. The smallest absolute Gasteiger partial charge is 0.252 e. The third kappa shape index (κ3) is 6.42. The predicted molar refractivity (Wildman–Crippen MR) is 83.4 cm³/mol. The number of halogens is 1. The number of nitrogens with two attached hydrogens (primary N) is 1. The lowest BCUT2D eigenvalue weighted by Gasteiger charge is -2.08. The Morgan fingerprint density at radius 1 is 1.38 bits per heavy atom. The van der Waals surface area contributed by atoms with Gasteiger partial charge in [-0.05, 0) is 30.5 Å². The van der Waals surface area contributed by atoms with Crippen molar-refractivity contribution in [1.82, 2.24) is 5.32 Å². The first-order chi connectivity index (χ1) is 10.0. The fraction of sp³-hybridized carbons (Fsp3) is 0.471. The molecule has 114 valence electrons. The van der Waals surface area contributed by atoms with Gasteiger partial charge in [0.15, 0.2) is 0 Å². The van der Waals surface area contributed by atoms with Crippen LogP contribution >= 0.6 is 0 Å². The Bertz CT molecular complexity index is 529. The zero-order valence-corrected chi connectivity index (χ0v) is 12.7. The molecule has 0 heterocycles. The van der Waals surface area contributed by atoms with Gasteiger partial charge in [0, 0.05) is 12.1 Å². The van der Waals surface area contributed by atoms with Gasteiger partial charge in [-0.25, -0.2) is 4.39 Å². The highest BCUT2D eigenvalue weighted by atomic mass is 19.1. The molecule has 0 fully saturated rings. The molecule has 0 aliphatic carbocycles. The fourth-order valence-electron chi connectivity index (χ4n) is 1.93. The number of carbonyl (C=O) groups excluding carboxylic acids is 1. The average molecular weight is 290 g/mol. The fourth-order valence-corrected chi connectivity index (χ4v) is 1.93. The topological polar surface area (TPSA) is 55.1 Å². The highest BCUT2D eigenvalue weighted by Gasteiger charge is 2.11. The van der Waals surface area contributed by atoms with E-state index in [4.69, 9.17) is 5.73 Å². The Hall–Kier alpha value is -1.86. The second-order valence-corrected chi connectivity index (χ2v) is 5.34. The molecule has 0 spiro atoms. The molecule has 0 bridgehead atoms. The molecule has 3 nitrogen and oxygen atoms in total. The van der Waals surface area contributed by atoms with Gasteiger partial charge < -0.3 is 11.1 Å². The molecule has 0 aromatic heterocycles. The molecule has 1 aromatic carbocycles. The summed E-state index contributed by atoms with van der Waals surface area (Å²) in [5.74, 6) is 5.41. The van der Waals surface area contributed by atoms with Gasteiger partial charge >= 0.3 is 0 Å². The van der Waals surface area contributed by atoms with Crippen molar-refractivity contribution in [2.24, 2.45) is 11.7 Å². The Balaban J connectivity index is 2.62. The van der Waals surface area contributed by atoms with E-state index in [2.05, 4.69) is 31.0 Å². The Morgan fingerprint density at radius 3 is 2.81 bits per heavy atom. The lowest BCUT2D eigenvalue weighted by molar-refractivity contribution is 0.0952. The van der Waals surface area contributed by atoms with E-state index < -0.39 is 5.82 Å². The predicted octanol–water partition coefficient (Wildman–Crippen LogP) is 2.69. The first-order valence-electron chi connectivity index (χ1n) is 7.31. The quantitative estimate of drug-likeness (QED) is 0.625. The maximum Gasteiger partial charge on any atom is 0.252 e. The van der Waals surface area contributed by atoms with Crippen LogP contribution in [-0.4, -0.2) is 19.0 Å². The second kappa shape index (κ2) is 9.15. The van der Waals surface area contributed by atoms with E-state index in [1.165, 1.54) is 18.2 Å². The van der Waals surface area contributed by atoms with Gasteiger partial charge in [-0.2, -0.15) is 0 Å². The summed E-state index contributed by atoms with van der Waals surface area (Å²) >= 11 is 0. The molecular formula is C17H23FN2O. The summed E-state index contributed by atoms with van der Waals surface area (Å²) in [7, 11) is 0. The normalized spacial score (nSPS) is 10.1. The Labute approximate surface area is 126 Å². The minimum Gasteiger partial charge on any atom is -0.352 e. The molecule has 1 aromatic rings. The molecule has 21 heavy (non-hydrogen) atoms. The van der Waals surface area contributed by atoms with Crippen LogP contribution in [0.4, 0.5) is 4.39 Å². The molecular weight excluding hydrogens is 267 g/mol. The van der Waals surface area contributed by atoms with Crippen molar-refractivity contribution < 1.29 is 9.18 Å². The number of nitrogens with one attached hydrogen (secondary N) is 1. The standard InChI is InChI=1S/C17H23FN2O/c1-13(2)6-3-4-11-20-17(21)16-12-15(18)9-8-14(16)7-5-10-19/h8-9,12-13H,3-4,6,10-11,19H2,1-2H3,(H,20,21). The van der Waals surface area contributed by atoms with Crippen molar-refractivity contribution >= 4 is 5.91 Å². The van der Waals surface area contributed by atoms with Crippen LogP contribution in [0.15, 0.2) is 18.2 Å². The van der Waals surface area contributed by atoms with Crippen LogP contribution in [0.5, 0.6) is 0 Å². The number of rotatable bonds is 6. The van der Waals surface area contributed by atoms with Crippen LogP contribution in [-0.2, 0) is 0 Å². The third-order valence-corrected chi connectivity index (χ3v) is 3.05. The van der Waals surface area contributed by atoms with E-state index in [0.717, 1.165) is 19.3 Å². The van der Waals surface area contributed by atoms with Gasteiger partial charge in [0.1, 0.15) is 5.82 Å². The summed E-state index contributed by atoms with van der Waals surface area (Å²) in [6.07, 6.45) is 3.13. The van der Waals surface area contributed by atoms with E-state index in [-0.39, 0.29) is 18.0 Å². The molecule has 3 N–H and O–H groups in total. The van der Waals surface area contributed by atoms with Crippen LogP contribution in [0.2, 0.25) is 0 Å². The number of carbonyl (C=O) groups is 1. The zero-order valence-electron chi connectivity index (χ0n) is 12.7. The molecule has 1 rings (SSSR count). The van der Waals surface area contributed by atoms with Gasteiger partial charge in [0.2, 0.25) is 0 Å². The molecule has 0 unspecified atom stereocenters. The Kier molecular flexibility index (Phi) is 7.49. The molecule has 0 aliphatic rings. The molecule has 0 saturated carbocycles. The molecule has 0 radical (unpaired) electrons. The minimum atomic E-state index is -0.446. The summed E-state index contributed by atoms with van der Waals surface area (Å²) in [6.45, 7) is 5.14. The van der Waals surface area contributed by atoms with Crippen molar-refractivity contribution in [2.45, 2.75) is 33.1 Å². The van der Waals surface area contributed by atoms with Crippen LogP contribution in [0.1, 0.15) is 49.0 Å². The van der Waals surface area contributed by atoms with Crippen molar-refractivity contribution in [1.29, 1.82) is 0 Å². The van der Waals surface area contributed by atoms with E-state index in [1.807, 2.05) is 0 Å². The summed E-state index contributed by atoms with van der Waals surface area (Å²) < 4.78 is 13.3. The van der Waals surface area contributed by atoms with Crippen LogP contribution < -0.4 is 11.1 Å². The largest absolute Gasteiger partial charge is 0.352 e. The van der Waals surface area contributed by atoms with Gasteiger partial charge in [-0.3, -0.25) is 4.79 Å². The van der Waals surface area contributed by atoms with Gasteiger partial charge in [-0.1, -0.05) is 38.5 Å². The van der Waals surface area contributed by atoms with E-state index in [0.29, 0.717) is 18.0 Å². The van der Waals surface area contributed by atoms with Crippen LogP contribution in [0.25, 0.3) is 0 Å². The number of unbranched alkanes of at least 4 members (excludes halogenated alkanes) is 1. The highest BCUT2D eigenvalue weighted by molar-refractivity contribution is 5.96. The monoisotopic (exact) mass is 290 g/mol. The first-order valence-corrected chi connectivity index (χ1v) is 7.31. The van der Waals surface area contributed by atoms with Crippen molar-refractivity contribution in [3.05, 3.63) is 35.1 Å². The van der Waals surface area contributed by atoms with Crippen LogP contribution in [0.3, 0.4) is 0 Å².